The molecule has 2 heterocycles. The monoisotopic (exact) mass is 248 g/mol. The predicted molar refractivity (Wildman–Crippen MR) is 71.5 cm³/mol. The molecule has 1 aromatic heterocycles. The van der Waals surface area contributed by atoms with Gasteiger partial charge >= 0.3 is 0 Å². The van der Waals surface area contributed by atoms with Gasteiger partial charge in [-0.1, -0.05) is 0 Å². The number of nitrogens with one attached hydrogen (secondary N) is 1. The van der Waals surface area contributed by atoms with Crippen molar-refractivity contribution in [1.29, 1.82) is 0 Å². The maximum atomic E-state index is 5.49. The second-order valence-corrected chi connectivity index (χ2v) is 5.19. The van der Waals surface area contributed by atoms with E-state index in [0.717, 1.165) is 43.6 Å². The van der Waals surface area contributed by atoms with E-state index in [2.05, 4.69) is 27.3 Å². The molecule has 1 aliphatic heterocycles. The van der Waals surface area contributed by atoms with E-state index in [1.807, 2.05) is 6.07 Å². The molecule has 0 bridgehead atoms. The van der Waals surface area contributed by atoms with E-state index in [1.165, 1.54) is 12.8 Å². The van der Waals surface area contributed by atoms with Crippen molar-refractivity contribution in [2.24, 2.45) is 5.84 Å². The number of nitrogens with two attached hydrogens (primary N) is 1. The molecule has 98 valence electrons. The number of hydrogen-bond acceptors (Lipinski definition) is 6. The standard InChI is InChI=1S/C12H20N6/c1-17-4-6-18(7-5-17)12-14-10(9-2-3-9)8-11(15-12)16-13/h8-9H,2-7,13H2,1H3,(H,14,15,16). The lowest BCUT2D eigenvalue weighted by atomic mass is 10.2. The summed E-state index contributed by atoms with van der Waals surface area (Å²) in [7, 11) is 2.14. The van der Waals surface area contributed by atoms with Crippen LogP contribution < -0.4 is 16.2 Å². The van der Waals surface area contributed by atoms with Gasteiger partial charge in [0.25, 0.3) is 0 Å². The van der Waals surface area contributed by atoms with Crippen LogP contribution in [-0.2, 0) is 0 Å². The van der Waals surface area contributed by atoms with E-state index >= 15 is 0 Å². The third-order valence-corrected chi connectivity index (χ3v) is 3.66. The van der Waals surface area contributed by atoms with Crippen LogP contribution in [0.4, 0.5) is 11.8 Å². The van der Waals surface area contributed by atoms with Crippen LogP contribution in [0.3, 0.4) is 0 Å². The highest BCUT2D eigenvalue weighted by atomic mass is 15.3. The second-order valence-electron chi connectivity index (χ2n) is 5.19. The van der Waals surface area contributed by atoms with Crippen LogP contribution in [-0.4, -0.2) is 48.1 Å². The topological polar surface area (TPSA) is 70.3 Å². The minimum Gasteiger partial charge on any atom is -0.338 e. The quantitative estimate of drug-likeness (QED) is 0.596. The van der Waals surface area contributed by atoms with Crippen molar-refractivity contribution in [3.05, 3.63) is 11.8 Å². The minimum absolute atomic E-state index is 0.617. The van der Waals surface area contributed by atoms with Crippen molar-refractivity contribution in [1.82, 2.24) is 14.9 Å². The van der Waals surface area contributed by atoms with Crippen LogP contribution in [0.25, 0.3) is 0 Å². The molecule has 2 aliphatic rings. The molecule has 3 N–H and O–H groups in total. The zero-order valence-electron chi connectivity index (χ0n) is 10.8. The first-order valence-corrected chi connectivity index (χ1v) is 6.55. The zero-order valence-corrected chi connectivity index (χ0v) is 10.8. The first-order chi connectivity index (χ1) is 8.76. The van der Waals surface area contributed by atoms with E-state index in [0.29, 0.717) is 5.92 Å². The van der Waals surface area contributed by atoms with E-state index in [-0.39, 0.29) is 0 Å². The number of likely N-dealkylation sites (N-methyl/N-ethyl adjacent to an activating group) is 1. The molecule has 6 heteroatoms. The van der Waals surface area contributed by atoms with Gasteiger partial charge in [0.1, 0.15) is 5.82 Å². The van der Waals surface area contributed by atoms with Crippen molar-refractivity contribution >= 4 is 11.8 Å². The van der Waals surface area contributed by atoms with Gasteiger partial charge in [-0.2, -0.15) is 4.98 Å². The molecular formula is C12H20N6. The Morgan fingerprint density at radius 3 is 2.56 bits per heavy atom. The van der Waals surface area contributed by atoms with Gasteiger partial charge in [0.15, 0.2) is 0 Å². The number of nitrogen functional groups attached to an aromatic ring is 1. The molecule has 1 aromatic rings. The summed E-state index contributed by atoms with van der Waals surface area (Å²) in [6.07, 6.45) is 2.48. The third-order valence-electron chi connectivity index (χ3n) is 3.66. The van der Waals surface area contributed by atoms with E-state index in [9.17, 15) is 0 Å². The van der Waals surface area contributed by atoms with E-state index in [1.54, 1.807) is 0 Å². The SMILES string of the molecule is CN1CCN(c2nc(NN)cc(C3CC3)n2)CC1. The summed E-state index contributed by atoms with van der Waals surface area (Å²) in [5.41, 5.74) is 3.78. The van der Waals surface area contributed by atoms with Gasteiger partial charge in [-0.25, -0.2) is 10.8 Å². The molecule has 0 atom stereocenters. The molecule has 6 nitrogen and oxygen atoms in total. The maximum absolute atomic E-state index is 5.49. The Morgan fingerprint density at radius 1 is 1.22 bits per heavy atom. The minimum atomic E-state index is 0.617. The van der Waals surface area contributed by atoms with E-state index < -0.39 is 0 Å². The fraction of sp³-hybridized carbons (Fsp3) is 0.667. The van der Waals surface area contributed by atoms with Crippen LogP contribution in [0.2, 0.25) is 0 Å². The Bertz CT molecular complexity index is 423. The van der Waals surface area contributed by atoms with Crippen LogP contribution in [0.5, 0.6) is 0 Å². The van der Waals surface area contributed by atoms with Crippen LogP contribution >= 0.6 is 0 Å². The summed E-state index contributed by atoms with van der Waals surface area (Å²) in [6, 6.07) is 1.97. The zero-order chi connectivity index (χ0) is 12.5. The molecule has 0 spiro atoms. The molecule has 0 radical (unpaired) electrons. The van der Waals surface area contributed by atoms with Gasteiger partial charge in [0.2, 0.25) is 5.95 Å². The normalized spacial score (nSPS) is 21.1. The van der Waals surface area contributed by atoms with Crippen LogP contribution in [0, 0.1) is 0 Å². The number of rotatable bonds is 3. The molecule has 0 unspecified atom stereocenters. The third kappa shape index (κ3) is 2.39. The Morgan fingerprint density at radius 2 is 1.94 bits per heavy atom. The average molecular weight is 248 g/mol. The highest BCUT2D eigenvalue weighted by Gasteiger charge is 2.27. The number of anilines is 2. The summed E-state index contributed by atoms with van der Waals surface area (Å²) in [6.45, 7) is 4.08. The summed E-state index contributed by atoms with van der Waals surface area (Å²) in [5.74, 6) is 7.65. The highest BCUT2D eigenvalue weighted by molar-refractivity contribution is 5.44. The number of hydrogen-bond donors (Lipinski definition) is 2. The van der Waals surface area contributed by atoms with Gasteiger partial charge in [-0.3, -0.25) is 0 Å². The molecule has 1 saturated heterocycles. The van der Waals surface area contributed by atoms with Crippen LogP contribution in [0.15, 0.2) is 6.07 Å². The second kappa shape index (κ2) is 4.70. The van der Waals surface area contributed by atoms with Gasteiger partial charge in [-0.05, 0) is 19.9 Å². The molecule has 0 aromatic carbocycles. The summed E-state index contributed by atoms with van der Waals surface area (Å²) in [5, 5.41) is 0. The lowest BCUT2D eigenvalue weighted by Crippen LogP contribution is -2.45. The molecule has 18 heavy (non-hydrogen) atoms. The molecule has 0 amide bonds. The lowest BCUT2D eigenvalue weighted by Gasteiger charge is -2.32. The van der Waals surface area contributed by atoms with Crippen molar-refractivity contribution in [3.8, 4) is 0 Å². The van der Waals surface area contributed by atoms with Gasteiger partial charge in [-0.15, -0.1) is 0 Å². The Kier molecular flexibility index (Phi) is 3.05. The van der Waals surface area contributed by atoms with Crippen molar-refractivity contribution < 1.29 is 0 Å². The van der Waals surface area contributed by atoms with Crippen molar-refractivity contribution in [2.75, 3.05) is 43.6 Å². The van der Waals surface area contributed by atoms with Gasteiger partial charge < -0.3 is 15.2 Å². The fourth-order valence-electron chi connectivity index (χ4n) is 2.26. The molecule has 1 aliphatic carbocycles. The van der Waals surface area contributed by atoms with Gasteiger partial charge in [0, 0.05) is 38.2 Å². The smallest absolute Gasteiger partial charge is 0.227 e. The molecule has 2 fully saturated rings. The van der Waals surface area contributed by atoms with Crippen molar-refractivity contribution in [3.63, 3.8) is 0 Å². The first-order valence-electron chi connectivity index (χ1n) is 6.55. The fourth-order valence-corrected chi connectivity index (χ4v) is 2.26. The number of piperazine rings is 1. The summed E-state index contributed by atoms with van der Waals surface area (Å²) in [4.78, 5) is 13.7. The lowest BCUT2D eigenvalue weighted by molar-refractivity contribution is 0.311. The Hall–Kier alpha value is -1.40. The maximum Gasteiger partial charge on any atom is 0.227 e. The molecular weight excluding hydrogens is 228 g/mol. The Balaban J connectivity index is 1.83. The largest absolute Gasteiger partial charge is 0.338 e. The van der Waals surface area contributed by atoms with Crippen LogP contribution in [0.1, 0.15) is 24.5 Å². The summed E-state index contributed by atoms with van der Waals surface area (Å²) >= 11 is 0. The Labute approximate surface area is 107 Å². The van der Waals surface area contributed by atoms with Gasteiger partial charge in [0.05, 0.1) is 5.69 Å². The first kappa shape index (κ1) is 11.7. The summed E-state index contributed by atoms with van der Waals surface area (Å²) < 4.78 is 0. The van der Waals surface area contributed by atoms with E-state index in [4.69, 9.17) is 10.8 Å². The number of nitrogens with zero attached hydrogens (tertiary/aromatic N) is 4. The highest BCUT2D eigenvalue weighted by Crippen LogP contribution is 2.40. The van der Waals surface area contributed by atoms with Crippen molar-refractivity contribution in [2.45, 2.75) is 18.8 Å². The number of aromatic nitrogens is 2. The average Bonchev–Trinajstić information content (AvgIpc) is 3.23. The number of hydrazine groups is 1. The predicted octanol–water partition coefficient (Wildman–Crippen LogP) is 0.391. The molecule has 1 saturated carbocycles. The molecule has 3 rings (SSSR count).